The first-order valence-electron chi connectivity index (χ1n) is 9.39. The topological polar surface area (TPSA) is 75.5 Å². The van der Waals surface area contributed by atoms with Crippen LogP contribution >= 0.6 is 0 Å². The predicted molar refractivity (Wildman–Crippen MR) is 104 cm³/mol. The van der Waals surface area contributed by atoms with E-state index in [2.05, 4.69) is 18.6 Å². The van der Waals surface area contributed by atoms with Crippen molar-refractivity contribution in [2.75, 3.05) is 6.61 Å². The van der Waals surface area contributed by atoms with Crippen LogP contribution in [0.15, 0.2) is 12.2 Å². The number of aliphatic hydroxyl groups excluding tert-OH is 1. The molecule has 0 spiro atoms. The maximum absolute atomic E-state index is 12.1. The highest BCUT2D eigenvalue weighted by molar-refractivity contribution is 7.90. The van der Waals surface area contributed by atoms with Crippen LogP contribution < -0.4 is 4.72 Å². The standard InChI is InChI=1S/C19H39NO3S/c1-6-8-9-10-11-14-19(22,13-7-2)15-12-17(16-21)20-24(23)18(3,4)5/h12,15,17,20-22H,6-11,13-14,16H2,1-5H3/b15-12+/t17-,19?,24?/m0/s1. The van der Waals surface area contributed by atoms with E-state index in [0.717, 1.165) is 25.7 Å². The summed E-state index contributed by atoms with van der Waals surface area (Å²) in [7, 11) is 0. The highest BCUT2D eigenvalue weighted by atomic mass is 32.2. The molecule has 24 heavy (non-hydrogen) atoms. The molecular formula is C19H39NO3S. The van der Waals surface area contributed by atoms with Gasteiger partial charge in [-0.05, 0) is 33.6 Å². The molecule has 0 bridgehead atoms. The minimum Gasteiger partial charge on any atom is -0.598 e. The third-order valence-electron chi connectivity index (χ3n) is 4.05. The van der Waals surface area contributed by atoms with Crippen LogP contribution in [-0.2, 0) is 11.4 Å². The molecule has 0 rings (SSSR count). The van der Waals surface area contributed by atoms with Gasteiger partial charge < -0.3 is 14.8 Å². The molecule has 3 atom stereocenters. The molecule has 0 heterocycles. The molecular weight excluding hydrogens is 322 g/mol. The molecule has 0 amide bonds. The van der Waals surface area contributed by atoms with Gasteiger partial charge in [0.1, 0.15) is 4.75 Å². The fraction of sp³-hybridized carbons (Fsp3) is 0.895. The van der Waals surface area contributed by atoms with E-state index in [-0.39, 0.29) is 11.4 Å². The average Bonchev–Trinajstić information content (AvgIpc) is 2.50. The van der Waals surface area contributed by atoms with E-state index >= 15 is 0 Å². The van der Waals surface area contributed by atoms with Gasteiger partial charge in [0.2, 0.25) is 0 Å². The van der Waals surface area contributed by atoms with E-state index in [4.69, 9.17) is 0 Å². The van der Waals surface area contributed by atoms with Crippen LogP contribution in [0.2, 0.25) is 0 Å². The smallest absolute Gasteiger partial charge is 0.136 e. The summed E-state index contributed by atoms with van der Waals surface area (Å²) >= 11 is -1.25. The van der Waals surface area contributed by atoms with Crippen molar-refractivity contribution in [2.45, 2.75) is 102 Å². The van der Waals surface area contributed by atoms with Crippen molar-refractivity contribution in [1.29, 1.82) is 0 Å². The molecule has 2 unspecified atom stereocenters. The maximum atomic E-state index is 12.1. The van der Waals surface area contributed by atoms with E-state index in [0.29, 0.717) is 6.42 Å². The van der Waals surface area contributed by atoms with Gasteiger partial charge in [-0.15, -0.1) is 4.72 Å². The number of nitrogens with one attached hydrogen (secondary N) is 1. The predicted octanol–water partition coefficient (Wildman–Crippen LogP) is 3.85. The van der Waals surface area contributed by atoms with Crippen molar-refractivity contribution in [3.8, 4) is 0 Å². The third-order valence-corrected chi connectivity index (χ3v) is 5.68. The number of rotatable bonds is 13. The Labute approximate surface area is 152 Å². The van der Waals surface area contributed by atoms with E-state index in [1.165, 1.54) is 19.3 Å². The quantitative estimate of drug-likeness (QED) is 0.265. The Kier molecular flexibility index (Phi) is 12.3. The van der Waals surface area contributed by atoms with Gasteiger partial charge in [-0.3, -0.25) is 0 Å². The fourth-order valence-electron chi connectivity index (χ4n) is 2.51. The minimum atomic E-state index is -1.25. The van der Waals surface area contributed by atoms with Crippen LogP contribution in [0.25, 0.3) is 0 Å². The first-order chi connectivity index (χ1) is 11.2. The third kappa shape index (κ3) is 10.7. The summed E-state index contributed by atoms with van der Waals surface area (Å²) in [5.74, 6) is 0. The molecule has 0 fully saturated rings. The molecule has 144 valence electrons. The number of aliphatic hydroxyl groups is 2. The molecule has 0 aliphatic heterocycles. The molecule has 0 aromatic heterocycles. The summed E-state index contributed by atoms with van der Waals surface area (Å²) in [5.41, 5.74) is -0.834. The molecule has 0 aromatic carbocycles. The Bertz CT molecular complexity index is 344. The van der Waals surface area contributed by atoms with E-state index in [9.17, 15) is 14.8 Å². The number of unbranched alkanes of at least 4 members (excludes halogenated alkanes) is 4. The van der Waals surface area contributed by atoms with Crippen LogP contribution in [0.3, 0.4) is 0 Å². The zero-order chi connectivity index (χ0) is 18.6. The zero-order valence-corrected chi connectivity index (χ0v) is 17.1. The van der Waals surface area contributed by atoms with E-state index in [1.807, 2.05) is 20.8 Å². The lowest BCUT2D eigenvalue weighted by molar-refractivity contribution is 0.0678. The Balaban J connectivity index is 4.65. The lowest BCUT2D eigenvalue weighted by Gasteiger charge is -2.27. The Morgan fingerprint density at radius 2 is 1.67 bits per heavy atom. The van der Waals surface area contributed by atoms with Crippen molar-refractivity contribution < 1.29 is 14.8 Å². The number of hydrogen-bond acceptors (Lipinski definition) is 4. The first kappa shape index (κ1) is 23.9. The molecule has 0 aliphatic rings. The SMILES string of the molecule is CCCCCCCC(O)(/C=C/[C@@H](CO)N[S+]([O-])C(C)(C)C)CCC. The fourth-order valence-corrected chi connectivity index (χ4v) is 3.29. The molecule has 5 heteroatoms. The second-order valence-electron chi connectivity index (χ2n) is 7.66. The second-order valence-corrected chi connectivity index (χ2v) is 9.66. The molecule has 0 aromatic rings. The first-order valence-corrected chi connectivity index (χ1v) is 10.5. The van der Waals surface area contributed by atoms with E-state index < -0.39 is 23.0 Å². The molecule has 0 saturated carbocycles. The summed E-state index contributed by atoms with van der Waals surface area (Å²) in [6.07, 6.45) is 11.7. The maximum Gasteiger partial charge on any atom is 0.136 e. The van der Waals surface area contributed by atoms with Gasteiger partial charge in [0.25, 0.3) is 0 Å². The van der Waals surface area contributed by atoms with Crippen molar-refractivity contribution >= 4 is 11.4 Å². The highest BCUT2D eigenvalue weighted by Crippen LogP contribution is 2.23. The molecule has 3 N–H and O–H groups in total. The van der Waals surface area contributed by atoms with Crippen molar-refractivity contribution in [1.82, 2.24) is 4.72 Å². The lowest BCUT2D eigenvalue weighted by atomic mass is 9.90. The van der Waals surface area contributed by atoms with Gasteiger partial charge in [0, 0.05) is 11.4 Å². The van der Waals surface area contributed by atoms with Crippen molar-refractivity contribution in [3.05, 3.63) is 12.2 Å². The van der Waals surface area contributed by atoms with Gasteiger partial charge in [0.05, 0.1) is 18.2 Å². The molecule has 0 aliphatic carbocycles. The summed E-state index contributed by atoms with van der Waals surface area (Å²) in [4.78, 5) is 0. The van der Waals surface area contributed by atoms with Crippen LogP contribution in [0.1, 0.15) is 86.0 Å². The summed E-state index contributed by atoms with van der Waals surface area (Å²) in [6, 6.07) is -0.409. The molecule has 0 saturated heterocycles. The number of hydrogen-bond donors (Lipinski definition) is 3. The molecule has 4 nitrogen and oxygen atoms in total. The Morgan fingerprint density at radius 3 is 2.17 bits per heavy atom. The highest BCUT2D eigenvalue weighted by Gasteiger charge is 2.29. The lowest BCUT2D eigenvalue weighted by Crippen LogP contribution is -2.45. The monoisotopic (exact) mass is 361 g/mol. The summed E-state index contributed by atoms with van der Waals surface area (Å²) in [6.45, 7) is 9.77. The van der Waals surface area contributed by atoms with Gasteiger partial charge in [0.15, 0.2) is 0 Å². The summed E-state index contributed by atoms with van der Waals surface area (Å²) < 4.78 is 14.7. The van der Waals surface area contributed by atoms with Crippen molar-refractivity contribution in [3.63, 3.8) is 0 Å². The van der Waals surface area contributed by atoms with Crippen LogP contribution in [-0.4, -0.2) is 37.8 Å². The normalized spacial score (nSPS) is 17.8. The molecule has 0 radical (unpaired) electrons. The van der Waals surface area contributed by atoms with Gasteiger partial charge in [-0.25, -0.2) is 0 Å². The Morgan fingerprint density at radius 1 is 1.04 bits per heavy atom. The average molecular weight is 362 g/mol. The van der Waals surface area contributed by atoms with E-state index in [1.54, 1.807) is 12.2 Å². The van der Waals surface area contributed by atoms with Gasteiger partial charge >= 0.3 is 0 Å². The van der Waals surface area contributed by atoms with Crippen LogP contribution in [0.5, 0.6) is 0 Å². The zero-order valence-electron chi connectivity index (χ0n) is 16.3. The Hall–Kier alpha value is -0.0700. The second kappa shape index (κ2) is 12.3. The van der Waals surface area contributed by atoms with Crippen LogP contribution in [0.4, 0.5) is 0 Å². The van der Waals surface area contributed by atoms with Crippen molar-refractivity contribution in [2.24, 2.45) is 0 Å². The summed E-state index contributed by atoms with van der Waals surface area (Å²) in [5, 5.41) is 20.3. The van der Waals surface area contributed by atoms with Gasteiger partial charge in [-0.1, -0.05) is 64.5 Å². The minimum absolute atomic E-state index is 0.142. The van der Waals surface area contributed by atoms with Crippen LogP contribution in [0, 0.1) is 0 Å². The van der Waals surface area contributed by atoms with Gasteiger partial charge in [-0.2, -0.15) is 0 Å². The largest absolute Gasteiger partial charge is 0.598 e.